The molecule has 4 amide bonds. The van der Waals surface area contributed by atoms with E-state index in [2.05, 4.69) is 85.3 Å². The molecule has 2 atom stereocenters. The molecule has 58 heavy (non-hydrogen) atoms. The van der Waals surface area contributed by atoms with Crippen molar-refractivity contribution in [1.82, 2.24) is 26.7 Å². The maximum Gasteiger partial charge on any atom is 0.243 e. The standard InChI is InChI=1S/C27H29N5O4.C14H15N.C4H11N3/c1-19(34)31-24(16-20-8-3-2-4-9-20)27(36)32-25(26(35)28-14-15-29-30-18-33)17-22-12-7-11-21-10-5-6-13-23(21)22;1-15-14(12-8-4-2-5-9-12)13-10-6-3-7-11-13;1-2-3-7-4(5)6/h2-13,15,18,24-25H,14,16-17H2,1H3,(H,28,35)(H,30,33)(H,31,34)(H,32,36);2-11,14-15H,1H3;2-3H2,1H3,(H4,5,6,7)/b29-15+;;/t24-,25+;;/m1../s1. The fourth-order valence-corrected chi connectivity index (χ4v) is 5.93. The second-order valence-corrected chi connectivity index (χ2v) is 13.0. The number of hydrazone groups is 1. The van der Waals surface area contributed by atoms with E-state index in [0.717, 1.165) is 34.9 Å². The third-order valence-electron chi connectivity index (χ3n) is 8.57. The Hall–Kier alpha value is -6.86. The third-order valence-corrected chi connectivity index (χ3v) is 8.57. The molecule has 0 saturated carbocycles. The van der Waals surface area contributed by atoms with E-state index >= 15 is 0 Å². The molecule has 0 spiro atoms. The Balaban J connectivity index is 0.000000333. The first-order chi connectivity index (χ1) is 28.2. The lowest BCUT2D eigenvalue weighted by molar-refractivity contribution is -0.131. The van der Waals surface area contributed by atoms with Crippen molar-refractivity contribution in [1.29, 1.82) is 0 Å². The number of nitrogens with two attached hydrogens (primary N) is 2. The van der Waals surface area contributed by atoms with Crippen molar-refractivity contribution in [3.05, 3.63) is 156 Å². The predicted molar refractivity (Wildman–Crippen MR) is 233 cm³/mol. The zero-order valence-corrected chi connectivity index (χ0v) is 33.3. The fourth-order valence-electron chi connectivity index (χ4n) is 5.93. The lowest BCUT2D eigenvalue weighted by Gasteiger charge is -2.23. The van der Waals surface area contributed by atoms with Crippen LogP contribution in [0.5, 0.6) is 0 Å². The number of fused-ring (bicyclic) bond motifs is 1. The summed E-state index contributed by atoms with van der Waals surface area (Å²) in [5.74, 6) is -1.05. The molecule has 5 aromatic carbocycles. The fraction of sp³-hybridized carbons (Fsp3) is 0.244. The summed E-state index contributed by atoms with van der Waals surface area (Å²) in [5.41, 5.74) is 16.5. The van der Waals surface area contributed by atoms with Crippen LogP contribution in [-0.2, 0) is 32.0 Å². The van der Waals surface area contributed by atoms with Gasteiger partial charge in [0.1, 0.15) is 12.1 Å². The average Bonchev–Trinajstić information content (AvgIpc) is 3.24. The maximum absolute atomic E-state index is 13.3. The van der Waals surface area contributed by atoms with Crippen LogP contribution in [-0.4, -0.2) is 68.5 Å². The lowest BCUT2D eigenvalue weighted by atomic mass is 9.97. The van der Waals surface area contributed by atoms with E-state index in [-0.39, 0.29) is 37.3 Å². The van der Waals surface area contributed by atoms with Crippen molar-refractivity contribution < 1.29 is 19.2 Å². The van der Waals surface area contributed by atoms with Crippen LogP contribution in [0, 0.1) is 0 Å². The van der Waals surface area contributed by atoms with E-state index in [4.69, 9.17) is 11.5 Å². The van der Waals surface area contributed by atoms with E-state index in [1.807, 2.05) is 98.9 Å². The van der Waals surface area contributed by atoms with Gasteiger partial charge >= 0.3 is 0 Å². The molecule has 0 saturated heterocycles. The summed E-state index contributed by atoms with van der Waals surface area (Å²) in [6, 6.07) is 42.4. The molecule has 0 unspecified atom stereocenters. The van der Waals surface area contributed by atoms with E-state index < -0.39 is 23.9 Å². The smallest absolute Gasteiger partial charge is 0.243 e. The minimum atomic E-state index is -0.914. The SMILES string of the molecule is CC(=O)N[C@H](Cc1ccccc1)C(=O)N[C@@H](Cc1cccc2ccccc12)C(=O)NC/C=N/NC=O.CCCN=C(N)N.CNC(c1ccccc1)c1ccccc1. The number of nitrogens with zero attached hydrogens (tertiary/aromatic N) is 2. The van der Waals surface area contributed by atoms with E-state index in [1.54, 1.807) is 0 Å². The summed E-state index contributed by atoms with van der Waals surface area (Å²) in [4.78, 5) is 52.2. The molecule has 0 heterocycles. The zero-order valence-electron chi connectivity index (χ0n) is 33.3. The van der Waals surface area contributed by atoms with Gasteiger partial charge in [-0.25, -0.2) is 0 Å². The quantitative estimate of drug-likeness (QED) is 0.0318. The van der Waals surface area contributed by atoms with Crippen LogP contribution < -0.4 is 38.2 Å². The van der Waals surface area contributed by atoms with E-state index in [1.165, 1.54) is 24.3 Å². The molecule has 0 aromatic heterocycles. The van der Waals surface area contributed by atoms with Gasteiger partial charge < -0.3 is 32.7 Å². The molecule has 9 N–H and O–H groups in total. The summed E-state index contributed by atoms with van der Waals surface area (Å²) in [7, 11) is 1.99. The van der Waals surface area contributed by atoms with Crippen LogP contribution in [0.25, 0.3) is 10.8 Å². The second-order valence-electron chi connectivity index (χ2n) is 13.0. The normalized spacial score (nSPS) is 11.4. The minimum absolute atomic E-state index is 0.0563. The molecule has 0 radical (unpaired) electrons. The van der Waals surface area contributed by atoms with Gasteiger partial charge in [-0.15, -0.1) is 0 Å². The molecule has 5 aromatic rings. The molecular weight excluding hydrogens is 731 g/mol. The third kappa shape index (κ3) is 16.5. The van der Waals surface area contributed by atoms with Crippen LogP contribution in [0.3, 0.4) is 0 Å². The van der Waals surface area contributed by atoms with Crippen LogP contribution in [0.1, 0.15) is 48.6 Å². The topological polar surface area (TPSA) is 205 Å². The highest BCUT2D eigenvalue weighted by Gasteiger charge is 2.27. The van der Waals surface area contributed by atoms with Gasteiger partial charge in [0.05, 0.1) is 12.6 Å². The number of benzene rings is 5. The summed E-state index contributed by atoms with van der Waals surface area (Å²) in [6.07, 6.45) is 3.26. The first-order valence-electron chi connectivity index (χ1n) is 19.1. The van der Waals surface area contributed by atoms with Crippen LogP contribution in [0.4, 0.5) is 0 Å². The van der Waals surface area contributed by atoms with Crippen LogP contribution >= 0.6 is 0 Å². The van der Waals surface area contributed by atoms with Gasteiger partial charge in [-0.2, -0.15) is 5.10 Å². The lowest BCUT2D eigenvalue weighted by Crippen LogP contribution is -2.55. The van der Waals surface area contributed by atoms with Crippen molar-refractivity contribution in [3.8, 4) is 0 Å². The Morgan fingerprint density at radius 3 is 1.83 bits per heavy atom. The molecule has 5 rings (SSSR count). The number of carbonyl (C=O) groups is 4. The summed E-state index contributed by atoms with van der Waals surface area (Å²) >= 11 is 0. The van der Waals surface area contributed by atoms with Crippen molar-refractivity contribution in [2.75, 3.05) is 20.1 Å². The van der Waals surface area contributed by atoms with Gasteiger partial charge in [0, 0.05) is 32.5 Å². The average molecular weight is 786 g/mol. The highest BCUT2D eigenvalue weighted by molar-refractivity contribution is 5.93. The van der Waals surface area contributed by atoms with E-state index in [9.17, 15) is 19.2 Å². The van der Waals surface area contributed by atoms with Gasteiger partial charge in [-0.1, -0.05) is 140 Å². The number of hydrogen-bond donors (Lipinski definition) is 7. The molecule has 0 bridgehead atoms. The van der Waals surface area contributed by atoms with Gasteiger partial charge in [-0.3, -0.25) is 29.6 Å². The Morgan fingerprint density at radius 2 is 1.28 bits per heavy atom. The van der Waals surface area contributed by atoms with Gasteiger partial charge in [0.2, 0.25) is 24.1 Å². The Labute approximate surface area is 340 Å². The Morgan fingerprint density at radius 1 is 0.707 bits per heavy atom. The van der Waals surface area contributed by atoms with Crippen molar-refractivity contribution in [2.24, 2.45) is 21.6 Å². The highest BCUT2D eigenvalue weighted by Crippen LogP contribution is 2.21. The number of carbonyl (C=O) groups excluding carboxylic acids is 4. The summed E-state index contributed by atoms with van der Waals surface area (Å²) < 4.78 is 0. The monoisotopic (exact) mass is 785 g/mol. The van der Waals surface area contributed by atoms with Crippen molar-refractivity contribution in [3.63, 3.8) is 0 Å². The number of hydrogen-bond acceptors (Lipinski definition) is 7. The first-order valence-corrected chi connectivity index (χ1v) is 19.1. The number of rotatable bonds is 17. The molecular formula is C45H55N9O4. The Kier molecular flexibility index (Phi) is 20.5. The Bertz CT molecular complexity index is 2000. The molecule has 13 heteroatoms. The predicted octanol–water partition coefficient (Wildman–Crippen LogP) is 4.13. The molecule has 0 aliphatic heterocycles. The highest BCUT2D eigenvalue weighted by atomic mass is 16.2. The molecule has 13 nitrogen and oxygen atoms in total. The van der Waals surface area contributed by atoms with E-state index in [0.29, 0.717) is 6.41 Å². The largest absolute Gasteiger partial charge is 0.370 e. The molecule has 304 valence electrons. The minimum Gasteiger partial charge on any atom is -0.370 e. The van der Waals surface area contributed by atoms with Crippen LogP contribution in [0.15, 0.2) is 144 Å². The van der Waals surface area contributed by atoms with Crippen LogP contribution in [0.2, 0.25) is 0 Å². The number of nitrogens with one attached hydrogen (secondary N) is 5. The van der Waals surface area contributed by atoms with Crippen molar-refractivity contribution in [2.45, 2.75) is 51.2 Å². The molecule has 0 aliphatic rings. The van der Waals surface area contributed by atoms with Gasteiger partial charge in [0.25, 0.3) is 0 Å². The van der Waals surface area contributed by atoms with Gasteiger partial charge in [0.15, 0.2) is 5.96 Å². The van der Waals surface area contributed by atoms with Gasteiger partial charge in [-0.05, 0) is 46.5 Å². The second kappa shape index (κ2) is 26.1. The van der Waals surface area contributed by atoms with Crippen molar-refractivity contribution >= 4 is 47.1 Å². The molecule has 0 aliphatic carbocycles. The number of aliphatic imine (C=N–C) groups is 1. The summed E-state index contributed by atoms with van der Waals surface area (Å²) in [6.45, 7) is 4.16. The number of amides is 4. The molecule has 0 fully saturated rings. The zero-order chi connectivity index (χ0) is 42.0. The number of guanidine groups is 1. The summed E-state index contributed by atoms with van der Waals surface area (Å²) in [5, 5.41) is 17.2. The first kappa shape index (κ1) is 45.5. The maximum atomic E-state index is 13.3.